The predicted molar refractivity (Wildman–Crippen MR) is 127 cm³/mol. The van der Waals surface area contributed by atoms with E-state index >= 15 is 0 Å². The third kappa shape index (κ3) is 5.15. The lowest BCUT2D eigenvalue weighted by Gasteiger charge is -2.35. The average Bonchev–Trinajstić information content (AvgIpc) is 2.74. The number of hydrogen-bond donors (Lipinski definition) is 2. The number of fused-ring (bicyclic) bond motifs is 1. The van der Waals surface area contributed by atoms with Crippen molar-refractivity contribution in [2.75, 3.05) is 30.4 Å². The Labute approximate surface area is 191 Å². The van der Waals surface area contributed by atoms with Gasteiger partial charge in [-0.25, -0.2) is 4.98 Å². The molecule has 0 spiro atoms. The molecule has 4 rings (SSSR count). The van der Waals surface area contributed by atoms with E-state index in [-0.39, 0.29) is 24.8 Å². The van der Waals surface area contributed by atoms with E-state index in [4.69, 9.17) is 9.97 Å². The molecular formula is C22H30Cl2N6. The van der Waals surface area contributed by atoms with Gasteiger partial charge in [-0.3, -0.25) is 0 Å². The van der Waals surface area contributed by atoms with Gasteiger partial charge in [0.15, 0.2) is 0 Å². The van der Waals surface area contributed by atoms with Crippen LogP contribution in [0.2, 0.25) is 0 Å². The number of halogens is 2. The van der Waals surface area contributed by atoms with Gasteiger partial charge in [-0.2, -0.15) is 10.2 Å². The number of nitrogens with zero attached hydrogens (tertiary/aromatic N) is 4. The van der Waals surface area contributed by atoms with Crippen LogP contribution in [-0.2, 0) is 12.8 Å². The summed E-state index contributed by atoms with van der Waals surface area (Å²) in [5, 5.41) is 16.1. The third-order valence-corrected chi connectivity index (χ3v) is 5.90. The van der Waals surface area contributed by atoms with Crippen LogP contribution in [0.1, 0.15) is 48.1 Å². The van der Waals surface area contributed by atoms with Gasteiger partial charge >= 0.3 is 0 Å². The fourth-order valence-corrected chi connectivity index (χ4v) is 4.25. The molecule has 0 saturated carbocycles. The number of benzene rings is 1. The Hall–Kier alpha value is -2.07. The first-order valence-corrected chi connectivity index (χ1v) is 10.3. The first kappa shape index (κ1) is 24.2. The number of rotatable bonds is 4. The Kier molecular flexibility index (Phi) is 8.72. The van der Waals surface area contributed by atoms with Gasteiger partial charge in [0.2, 0.25) is 5.95 Å². The summed E-state index contributed by atoms with van der Waals surface area (Å²) in [5.41, 5.74) is 5.02. The van der Waals surface area contributed by atoms with E-state index in [2.05, 4.69) is 21.6 Å². The molecule has 6 nitrogen and oxygen atoms in total. The van der Waals surface area contributed by atoms with E-state index in [1.807, 2.05) is 32.2 Å². The summed E-state index contributed by atoms with van der Waals surface area (Å²) >= 11 is 0. The van der Waals surface area contributed by atoms with Gasteiger partial charge in [-0.1, -0.05) is 6.07 Å². The summed E-state index contributed by atoms with van der Waals surface area (Å²) in [7, 11) is 2.04. The second-order valence-electron chi connectivity index (χ2n) is 7.84. The summed E-state index contributed by atoms with van der Waals surface area (Å²) in [5.74, 6) is 1.73. The lowest BCUT2D eigenvalue weighted by Crippen LogP contribution is -2.45. The molecule has 162 valence electrons. The number of aromatic nitrogens is 2. The van der Waals surface area contributed by atoms with Gasteiger partial charge < -0.3 is 15.5 Å². The molecule has 1 aromatic carbocycles. The molecule has 1 fully saturated rings. The van der Waals surface area contributed by atoms with E-state index in [0.29, 0.717) is 17.6 Å². The van der Waals surface area contributed by atoms with E-state index in [1.165, 1.54) is 36.9 Å². The molecule has 2 heterocycles. The molecular weight excluding hydrogens is 419 g/mol. The van der Waals surface area contributed by atoms with Gasteiger partial charge in [-0.15, -0.1) is 24.8 Å². The Morgan fingerprint density at radius 3 is 2.70 bits per heavy atom. The minimum absolute atomic E-state index is 0. The van der Waals surface area contributed by atoms with Crippen LogP contribution in [0.5, 0.6) is 0 Å². The largest absolute Gasteiger partial charge is 0.355 e. The first-order valence-electron chi connectivity index (χ1n) is 10.3. The quantitative estimate of drug-likeness (QED) is 0.725. The lowest BCUT2D eigenvalue weighted by molar-refractivity contribution is 0.446. The van der Waals surface area contributed by atoms with Crippen molar-refractivity contribution in [2.45, 2.75) is 51.5 Å². The maximum Gasteiger partial charge on any atom is 0.229 e. The van der Waals surface area contributed by atoms with Crippen molar-refractivity contribution in [3.05, 3.63) is 40.6 Å². The van der Waals surface area contributed by atoms with Gasteiger partial charge in [0.05, 0.1) is 17.3 Å². The van der Waals surface area contributed by atoms with Gasteiger partial charge in [-0.05, 0) is 70.2 Å². The summed E-state index contributed by atoms with van der Waals surface area (Å²) in [4.78, 5) is 12.2. The monoisotopic (exact) mass is 448 g/mol. The van der Waals surface area contributed by atoms with Crippen LogP contribution in [0, 0.1) is 18.3 Å². The predicted octanol–water partition coefficient (Wildman–Crippen LogP) is 4.31. The van der Waals surface area contributed by atoms with Crippen LogP contribution in [0.25, 0.3) is 0 Å². The normalized spacial score (nSPS) is 17.8. The minimum atomic E-state index is 0. The summed E-state index contributed by atoms with van der Waals surface area (Å²) in [6.45, 7) is 3.98. The Bertz CT molecular complexity index is 911. The Morgan fingerprint density at radius 2 is 1.93 bits per heavy atom. The highest BCUT2D eigenvalue weighted by Crippen LogP contribution is 2.31. The van der Waals surface area contributed by atoms with Crippen molar-refractivity contribution in [2.24, 2.45) is 0 Å². The van der Waals surface area contributed by atoms with Crippen molar-refractivity contribution in [1.82, 2.24) is 15.3 Å². The van der Waals surface area contributed by atoms with E-state index in [0.717, 1.165) is 43.0 Å². The lowest BCUT2D eigenvalue weighted by atomic mass is 9.95. The highest BCUT2D eigenvalue weighted by molar-refractivity contribution is 5.85. The standard InChI is InChI=1S/C22H28N6.2ClH/c1-15-9-10-17(12-16(15)13-23)25-22-26-20-8-4-3-7-19(20)21(27-22)28-11-5-6-18(14-28)24-2;;/h9-10,12,18,24H,3-8,11,14H2,1-2H3,(H,25,26,27);2*1H. The molecule has 1 aliphatic heterocycles. The molecule has 1 aliphatic carbocycles. The zero-order valence-corrected chi connectivity index (χ0v) is 19.2. The molecule has 2 aliphatic rings. The molecule has 1 aromatic heterocycles. The van der Waals surface area contributed by atoms with Gasteiger partial charge in [0.25, 0.3) is 0 Å². The molecule has 2 N–H and O–H groups in total. The Morgan fingerprint density at radius 1 is 1.13 bits per heavy atom. The Balaban J connectivity index is 0.00000160. The molecule has 0 radical (unpaired) electrons. The van der Waals surface area contributed by atoms with Crippen LogP contribution < -0.4 is 15.5 Å². The minimum Gasteiger partial charge on any atom is -0.355 e. The maximum atomic E-state index is 9.31. The molecule has 30 heavy (non-hydrogen) atoms. The second-order valence-corrected chi connectivity index (χ2v) is 7.84. The van der Waals surface area contributed by atoms with Crippen molar-refractivity contribution in [1.29, 1.82) is 5.26 Å². The van der Waals surface area contributed by atoms with Crippen LogP contribution in [0.3, 0.4) is 0 Å². The van der Waals surface area contributed by atoms with Crippen LogP contribution in [0.4, 0.5) is 17.5 Å². The zero-order valence-electron chi connectivity index (χ0n) is 17.6. The van der Waals surface area contributed by atoms with Crippen molar-refractivity contribution in [3.63, 3.8) is 0 Å². The molecule has 1 saturated heterocycles. The van der Waals surface area contributed by atoms with Crippen molar-refractivity contribution in [3.8, 4) is 6.07 Å². The van der Waals surface area contributed by atoms with Gasteiger partial charge in [0, 0.05) is 30.4 Å². The highest BCUT2D eigenvalue weighted by Gasteiger charge is 2.25. The third-order valence-electron chi connectivity index (χ3n) is 5.90. The number of hydrogen-bond acceptors (Lipinski definition) is 6. The molecule has 1 unspecified atom stereocenters. The van der Waals surface area contributed by atoms with E-state index < -0.39 is 0 Å². The summed E-state index contributed by atoms with van der Waals surface area (Å²) in [6, 6.07) is 8.57. The van der Waals surface area contributed by atoms with Crippen molar-refractivity contribution >= 4 is 42.3 Å². The fraction of sp³-hybridized carbons (Fsp3) is 0.500. The summed E-state index contributed by atoms with van der Waals surface area (Å²) < 4.78 is 0. The SMILES string of the molecule is CNC1CCCN(c2nc(Nc3ccc(C)c(C#N)c3)nc3c2CCCC3)C1.Cl.Cl. The zero-order chi connectivity index (χ0) is 19.5. The van der Waals surface area contributed by atoms with E-state index in [1.54, 1.807) is 0 Å². The molecule has 2 aromatic rings. The summed E-state index contributed by atoms with van der Waals surface area (Å²) in [6.07, 6.45) is 6.87. The van der Waals surface area contributed by atoms with Crippen molar-refractivity contribution < 1.29 is 0 Å². The molecule has 1 atom stereocenters. The second kappa shape index (κ2) is 10.8. The first-order chi connectivity index (χ1) is 13.7. The van der Waals surface area contributed by atoms with Gasteiger partial charge in [0.1, 0.15) is 5.82 Å². The molecule has 0 bridgehead atoms. The van der Waals surface area contributed by atoms with E-state index in [9.17, 15) is 5.26 Å². The highest BCUT2D eigenvalue weighted by atomic mass is 35.5. The maximum absolute atomic E-state index is 9.31. The smallest absolute Gasteiger partial charge is 0.229 e. The number of piperidine rings is 1. The fourth-order valence-electron chi connectivity index (χ4n) is 4.25. The molecule has 0 amide bonds. The van der Waals surface area contributed by atoms with Crippen LogP contribution >= 0.6 is 24.8 Å². The number of aryl methyl sites for hydroxylation is 2. The number of anilines is 3. The number of nitriles is 1. The van der Waals surface area contributed by atoms with Crippen LogP contribution in [-0.4, -0.2) is 36.1 Å². The topological polar surface area (TPSA) is 76.9 Å². The number of likely N-dealkylation sites (N-methyl/N-ethyl adjacent to an activating group) is 1. The average molecular weight is 449 g/mol. The number of nitrogens with one attached hydrogen (secondary N) is 2. The van der Waals surface area contributed by atoms with Crippen LogP contribution in [0.15, 0.2) is 18.2 Å². The molecule has 8 heteroatoms.